The summed E-state index contributed by atoms with van der Waals surface area (Å²) in [4.78, 5) is 0. The molecule has 1 nitrogen and oxygen atoms in total. The minimum Gasteiger partial charge on any atom is -0.392 e. The summed E-state index contributed by atoms with van der Waals surface area (Å²) in [5.74, 6) is 0. The summed E-state index contributed by atoms with van der Waals surface area (Å²) in [6.07, 6.45) is 0. The molecule has 0 aliphatic heterocycles. The summed E-state index contributed by atoms with van der Waals surface area (Å²) in [6.45, 7) is 6.68. The van der Waals surface area contributed by atoms with Crippen molar-refractivity contribution >= 4 is 13.3 Å². The van der Waals surface area contributed by atoms with Crippen molar-refractivity contribution in [2.24, 2.45) is 0 Å². The van der Waals surface area contributed by atoms with E-state index >= 15 is 0 Å². The van der Waals surface area contributed by atoms with Crippen molar-refractivity contribution in [3.8, 4) is 0 Å². The Kier molecular flexibility index (Phi) is 2.82. The average Bonchev–Trinajstić information content (AvgIpc) is 2.01. The first kappa shape index (κ1) is 10.3. The van der Waals surface area contributed by atoms with Crippen molar-refractivity contribution in [1.82, 2.24) is 0 Å². The third kappa shape index (κ3) is 2.59. The Morgan fingerprint density at radius 3 is 2.31 bits per heavy atom. The van der Waals surface area contributed by atoms with Crippen LogP contribution in [0.2, 0.25) is 0 Å². The van der Waals surface area contributed by atoms with Crippen LogP contribution in [0.1, 0.15) is 31.9 Å². The van der Waals surface area contributed by atoms with Crippen molar-refractivity contribution < 1.29 is 5.11 Å². The van der Waals surface area contributed by atoms with Crippen molar-refractivity contribution in [3.63, 3.8) is 0 Å². The molecule has 0 aliphatic rings. The highest BCUT2D eigenvalue weighted by Gasteiger charge is 2.13. The van der Waals surface area contributed by atoms with E-state index in [1.165, 1.54) is 11.0 Å². The van der Waals surface area contributed by atoms with E-state index in [-0.39, 0.29) is 12.0 Å². The van der Waals surface area contributed by atoms with Gasteiger partial charge in [0.05, 0.1) is 6.61 Å². The fraction of sp³-hybridized carbons (Fsp3) is 0.455. The van der Waals surface area contributed by atoms with Crippen LogP contribution in [-0.4, -0.2) is 13.0 Å². The molecular weight excluding hydrogens is 159 g/mol. The van der Waals surface area contributed by atoms with Crippen LogP contribution in [0.3, 0.4) is 0 Å². The number of aliphatic hydroxyl groups is 1. The molecular formula is C11H17BO. The molecule has 0 saturated carbocycles. The summed E-state index contributed by atoms with van der Waals surface area (Å²) >= 11 is 0. The number of hydrogen-bond donors (Lipinski definition) is 1. The maximum absolute atomic E-state index is 9.05. The van der Waals surface area contributed by atoms with Gasteiger partial charge in [0.25, 0.3) is 0 Å². The Balaban J connectivity index is 3.16. The molecule has 13 heavy (non-hydrogen) atoms. The van der Waals surface area contributed by atoms with Crippen LogP contribution in [0.5, 0.6) is 0 Å². The second-order valence-electron chi connectivity index (χ2n) is 4.62. The molecule has 1 rings (SSSR count). The van der Waals surface area contributed by atoms with Crippen molar-refractivity contribution in [2.75, 3.05) is 0 Å². The second kappa shape index (κ2) is 3.55. The zero-order chi connectivity index (χ0) is 10.1. The Hall–Kier alpha value is -0.755. The minimum atomic E-state index is 0.130. The number of hydrogen-bond acceptors (Lipinski definition) is 1. The maximum Gasteiger partial charge on any atom is 0.139 e. The van der Waals surface area contributed by atoms with Gasteiger partial charge in [-0.25, -0.2) is 0 Å². The third-order valence-corrected chi connectivity index (χ3v) is 2.19. The topological polar surface area (TPSA) is 20.2 Å². The van der Waals surface area contributed by atoms with E-state index in [0.717, 1.165) is 5.56 Å². The molecule has 1 N–H and O–H groups in total. The van der Waals surface area contributed by atoms with E-state index < -0.39 is 0 Å². The quantitative estimate of drug-likeness (QED) is 0.625. The lowest BCUT2D eigenvalue weighted by Crippen LogP contribution is -2.16. The molecule has 0 unspecified atom stereocenters. The van der Waals surface area contributed by atoms with Gasteiger partial charge < -0.3 is 5.11 Å². The third-order valence-electron chi connectivity index (χ3n) is 2.19. The second-order valence-corrected chi connectivity index (χ2v) is 4.62. The fourth-order valence-electron chi connectivity index (χ4n) is 1.39. The van der Waals surface area contributed by atoms with Crippen molar-refractivity contribution in [2.45, 2.75) is 32.8 Å². The molecule has 0 atom stereocenters. The standard InChI is InChI=1S/C11H17BO/c1-11(2,3)9-4-8(7-13)5-10(12)6-9/h4-6,13H,7,12H2,1-3H3. The molecule has 0 heterocycles. The van der Waals surface area contributed by atoms with Crippen LogP contribution in [0.25, 0.3) is 0 Å². The van der Waals surface area contributed by atoms with Crippen LogP contribution in [0, 0.1) is 0 Å². The van der Waals surface area contributed by atoms with E-state index in [9.17, 15) is 0 Å². The summed E-state index contributed by atoms with van der Waals surface area (Å²) in [7, 11) is 2.06. The largest absolute Gasteiger partial charge is 0.392 e. The lowest BCUT2D eigenvalue weighted by Gasteiger charge is -2.20. The van der Waals surface area contributed by atoms with E-state index in [2.05, 4.69) is 40.8 Å². The summed E-state index contributed by atoms with van der Waals surface area (Å²) < 4.78 is 0. The summed E-state index contributed by atoms with van der Waals surface area (Å²) in [6, 6.07) is 6.28. The predicted molar refractivity (Wildman–Crippen MR) is 59.2 cm³/mol. The first-order chi connectivity index (χ1) is 5.93. The lowest BCUT2D eigenvalue weighted by atomic mass is 9.82. The first-order valence-electron chi connectivity index (χ1n) is 4.65. The summed E-state index contributed by atoms with van der Waals surface area (Å²) in [5.41, 5.74) is 3.67. The number of benzene rings is 1. The van der Waals surface area contributed by atoms with Gasteiger partial charge in [-0.15, -0.1) is 0 Å². The molecule has 1 aromatic rings. The Morgan fingerprint density at radius 1 is 1.23 bits per heavy atom. The van der Waals surface area contributed by atoms with E-state index in [4.69, 9.17) is 5.11 Å². The van der Waals surface area contributed by atoms with Crippen LogP contribution in [0.4, 0.5) is 0 Å². The fourth-order valence-corrected chi connectivity index (χ4v) is 1.39. The van der Waals surface area contributed by atoms with Gasteiger partial charge in [0.15, 0.2) is 0 Å². The minimum absolute atomic E-state index is 0.130. The van der Waals surface area contributed by atoms with Crippen LogP contribution in [0.15, 0.2) is 18.2 Å². The molecule has 0 radical (unpaired) electrons. The molecule has 0 amide bonds. The molecule has 0 saturated heterocycles. The zero-order valence-electron chi connectivity index (χ0n) is 8.89. The van der Waals surface area contributed by atoms with Gasteiger partial charge in [-0.1, -0.05) is 44.4 Å². The monoisotopic (exact) mass is 176 g/mol. The SMILES string of the molecule is Bc1cc(CO)cc(C(C)(C)C)c1. The van der Waals surface area contributed by atoms with Crippen LogP contribution in [-0.2, 0) is 12.0 Å². The number of aliphatic hydroxyl groups excluding tert-OH is 1. The van der Waals surface area contributed by atoms with Gasteiger partial charge in [-0.3, -0.25) is 0 Å². The van der Waals surface area contributed by atoms with Crippen LogP contribution >= 0.6 is 0 Å². The zero-order valence-corrected chi connectivity index (χ0v) is 8.89. The van der Waals surface area contributed by atoms with Gasteiger partial charge in [-0.05, 0) is 16.5 Å². The molecule has 1 aromatic carbocycles. The molecule has 0 fully saturated rings. The van der Waals surface area contributed by atoms with E-state index in [0.29, 0.717) is 0 Å². The van der Waals surface area contributed by atoms with E-state index in [1.54, 1.807) is 0 Å². The van der Waals surface area contributed by atoms with Crippen molar-refractivity contribution in [1.29, 1.82) is 0 Å². The van der Waals surface area contributed by atoms with Crippen LogP contribution < -0.4 is 5.46 Å². The molecule has 0 spiro atoms. The van der Waals surface area contributed by atoms with Gasteiger partial charge in [0.2, 0.25) is 0 Å². The lowest BCUT2D eigenvalue weighted by molar-refractivity contribution is 0.281. The predicted octanol–water partition coefficient (Wildman–Crippen LogP) is 0.735. The smallest absolute Gasteiger partial charge is 0.139 e. The van der Waals surface area contributed by atoms with Gasteiger partial charge >= 0.3 is 0 Å². The van der Waals surface area contributed by atoms with E-state index in [1.807, 2.05) is 6.07 Å². The average molecular weight is 176 g/mol. The first-order valence-corrected chi connectivity index (χ1v) is 4.65. The molecule has 0 aliphatic carbocycles. The Labute approximate surface area is 81.2 Å². The van der Waals surface area contributed by atoms with Crippen molar-refractivity contribution in [3.05, 3.63) is 29.3 Å². The number of rotatable bonds is 1. The normalized spacial score (nSPS) is 11.7. The highest BCUT2D eigenvalue weighted by Crippen LogP contribution is 2.21. The highest BCUT2D eigenvalue weighted by atomic mass is 16.3. The highest BCUT2D eigenvalue weighted by molar-refractivity contribution is 6.32. The summed E-state index contributed by atoms with van der Waals surface area (Å²) in [5, 5.41) is 9.05. The van der Waals surface area contributed by atoms with Gasteiger partial charge in [0, 0.05) is 0 Å². The maximum atomic E-state index is 9.05. The molecule has 2 heteroatoms. The Morgan fingerprint density at radius 2 is 1.85 bits per heavy atom. The van der Waals surface area contributed by atoms with Gasteiger partial charge in [0.1, 0.15) is 7.85 Å². The molecule has 0 aromatic heterocycles. The molecule has 0 bridgehead atoms. The van der Waals surface area contributed by atoms with Gasteiger partial charge in [-0.2, -0.15) is 0 Å². The Bertz CT molecular complexity index is 299. The molecule has 70 valence electrons.